The van der Waals surface area contributed by atoms with Crippen molar-refractivity contribution in [3.05, 3.63) is 24.8 Å². The third-order valence-electron chi connectivity index (χ3n) is 7.69. The van der Waals surface area contributed by atoms with Crippen molar-refractivity contribution in [2.45, 2.75) is 174 Å². The van der Waals surface area contributed by atoms with E-state index in [0.717, 1.165) is 19.3 Å². The fourth-order valence-corrected chi connectivity index (χ4v) is 5.13. The van der Waals surface area contributed by atoms with E-state index in [4.69, 9.17) is 4.74 Å². The Kier molecular flexibility index (Phi) is 29.7. The van der Waals surface area contributed by atoms with Crippen molar-refractivity contribution in [2.75, 3.05) is 6.61 Å². The third-order valence-corrected chi connectivity index (χ3v) is 7.69. The molecule has 1 N–H and O–H groups in total. The van der Waals surface area contributed by atoms with E-state index in [1.54, 1.807) is 0 Å². The molecule has 0 radical (unpaired) electrons. The second-order valence-corrected chi connectivity index (χ2v) is 11.5. The summed E-state index contributed by atoms with van der Waals surface area (Å²) in [4.78, 5) is 23.0. The van der Waals surface area contributed by atoms with Gasteiger partial charge in [0, 0.05) is 0 Å². The Morgan fingerprint density at radius 1 is 0.641 bits per heavy atom. The Morgan fingerprint density at radius 3 is 1.41 bits per heavy atom. The predicted octanol–water partition coefficient (Wildman–Crippen LogP) is 11.1. The van der Waals surface area contributed by atoms with E-state index >= 15 is 0 Å². The van der Waals surface area contributed by atoms with Gasteiger partial charge in [-0.05, 0) is 32.1 Å². The van der Waals surface area contributed by atoms with Crippen LogP contribution in [0.1, 0.15) is 174 Å². The molecule has 0 heterocycles. The molecule has 0 aliphatic rings. The molecule has 39 heavy (non-hydrogen) atoms. The van der Waals surface area contributed by atoms with Gasteiger partial charge in [0.15, 0.2) is 0 Å². The molecule has 0 saturated heterocycles. The van der Waals surface area contributed by atoms with Gasteiger partial charge in [-0.2, -0.15) is 0 Å². The molecule has 4 nitrogen and oxygen atoms in total. The minimum absolute atomic E-state index is 0.0428. The number of carbonyl (C=O) groups is 2. The summed E-state index contributed by atoms with van der Waals surface area (Å²) in [6.45, 7) is 5.92. The molecule has 0 aliphatic carbocycles. The summed E-state index contributed by atoms with van der Waals surface area (Å²) in [6, 6.07) is 0. The summed E-state index contributed by atoms with van der Waals surface area (Å²) in [6.07, 6.45) is 38.5. The second-order valence-electron chi connectivity index (χ2n) is 11.5. The van der Waals surface area contributed by atoms with Crippen LogP contribution in [-0.2, 0) is 14.3 Å². The van der Waals surface area contributed by atoms with Crippen molar-refractivity contribution in [2.24, 2.45) is 5.92 Å². The number of carboxylic acid groups (broad SMARTS) is 1. The van der Waals surface area contributed by atoms with E-state index in [-0.39, 0.29) is 13.0 Å². The number of carboxylic acids is 1. The van der Waals surface area contributed by atoms with Crippen LogP contribution in [0.25, 0.3) is 0 Å². The molecule has 1 unspecified atom stereocenters. The number of aliphatic carboxylic acids is 1. The monoisotopic (exact) mass is 548 g/mol. The number of hydrogen-bond acceptors (Lipinski definition) is 3. The quantitative estimate of drug-likeness (QED) is 0.0531. The van der Waals surface area contributed by atoms with Crippen molar-refractivity contribution in [3.63, 3.8) is 0 Å². The summed E-state index contributed by atoms with van der Waals surface area (Å²) in [5, 5.41) is 9.31. The average molecular weight is 549 g/mol. The lowest BCUT2D eigenvalue weighted by Crippen LogP contribution is -2.19. The first-order valence-corrected chi connectivity index (χ1v) is 16.8. The largest absolute Gasteiger partial charge is 0.481 e. The number of unbranched alkanes of at least 4 members (excludes halogenated alkanes) is 22. The summed E-state index contributed by atoms with van der Waals surface area (Å²) < 4.78 is 4.91. The second kappa shape index (κ2) is 31.0. The number of allylic oxidation sites excluding steroid dienone is 2. The number of esters is 1. The maximum absolute atomic E-state index is 11.6. The molecule has 0 aromatic rings. The molecule has 0 spiro atoms. The van der Waals surface area contributed by atoms with Gasteiger partial charge in [0.2, 0.25) is 0 Å². The fraction of sp³-hybridized carbons (Fsp3) is 0.829. The molecule has 0 amide bonds. The normalized spacial score (nSPS) is 12.1. The molecule has 0 aromatic heterocycles. The molecule has 0 rings (SSSR count). The van der Waals surface area contributed by atoms with Crippen molar-refractivity contribution in [1.29, 1.82) is 0 Å². The first-order chi connectivity index (χ1) is 19.1. The predicted molar refractivity (Wildman–Crippen MR) is 167 cm³/mol. The SMILES string of the molecule is C=CCOC(=O)CC(CCCCCCCCCCCCC/C=C/CCCCCCCCCCCCC)C(=O)O. The summed E-state index contributed by atoms with van der Waals surface area (Å²) in [7, 11) is 0. The van der Waals surface area contributed by atoms with E-state index in [1.165, 1.54) is 141 Å². The van der Waals surface area contributed by atoms with Gasteiger partial charge < -0.3 is 9.84 Å². The fourth-order valence-electron chi connectivity index (χ4n) is 5.13. The van der Waals surface area contributed by atoms with Crippen LogP contribution < -0.4 is 0 Å². The highest BCUT2D eigenvalue weighted by Gasteiger charge is 2.21. The maximum atomic E-state index is 11.6. The summed E-state index contributed by atoms with van der Waals surface area (Å²) in [5.41, 5.74) is 0. The average Bonchev–Trinajstić information content (AvgIpc) is 2.93. The Morgan fingerprint density at radius 2 is 1.03 bits per heavy atom. The number of carbonyl (C=O) groups excluding carboxylic acids is 1. The highest BCUT2D eigenvalue weighted by molar-refractivity contribution is 5.78. The molecule has 0 aliphatic heterocycles. The van der Waals surface area contributed by atoms with Gasteiger partial charge in [-0.3, -0.25) is 9.59 Å². The molecule has 0 bridgehead atoms. The van der Waals surface area contributed by atoms with E-state index in [1.807, 2.05) is 0 Å². The van der Waals surface area contributed by atoms with Gasteiger partial charge in [-0.25, -0.2) is 0 Å². The number of rotatable bonds is 31. The number of hydrogen-bond donors (Lipinski definition) is 1. The third kappa shape index (κ3) is 29.2. The van der Waals surface area contributed by atoms with Crippen LogP contribution in [0.4, 0.5) is 0 Å². The van der Waals surface area contributed by atoms with Gasteiger partial charge in [-0.1, -0.05) is 160 Å². The van der Waals surface area contributed by atoms with Crippen molar-refractivity contribution in [1.82, 2.24) is 0 Å². The first-order valence-electron chi connectivity index (χ1n) is 16.8. The molecular formula is C35H64O4. The minimum Gasteiger partial charge on any atom is -0.481 e. The standard InChI is InChI=1S/C35H64O4/c1-3-5-6-7-8-9-10-11-12-13-14-15-16-17-18-19-20-21-22-23-24-25-26-27-28-29-30-33(35(37)38)32-34(36)39-31-4-2/h4,16-17,33H,2-3,5-15,18-32H2,1H3,(H,37,38)/b17-16+. The van der Waals surface area contributed by atoms with Crippen LogP contribution in [0.15, 0.2) is 24.8 Å². The Hall–Kier alpha value is -1.58. The lowest BCUT2D eigenvalue weighted by molar-refractivity contribution is -0.151. The molecule has 4 heteroatoms. The van der Waals surface area contributed by atoms with Crippen LogP contribution in [0.3, 0.4) is 0 Å². The molecular weight excluding hydrogens is 484 g/mol. The summed E-state index contributed by atoms with van der Waals surface area (Å²) >= 11 is 0. The molecule has 0 saturated carbocycles. The first kappa shape index (κ1) is 37.4. The van der Waals surface area contributed by atoms with Crippen LogP contribution in [0.2, 0.25) is 0 Å². The van der Waals surface area contributed by atoms with Crippen LogP contribution >= 0.6 is 0 Å². The lowest BCUT2D eigenvalue weighted by Gasteiger charge is -2.11. The molecule has 0 aromatic carbocycles. The van der Waals surface area contributed by atoms with Crippen molar-refractivity contribution < 1.29 is 19.4 Å². The molecule has 0 fully saturated rings. The van der Waals surface area contributed by atoms with Crippen molar-refractivity contribution >= 4 is 11.9 Å². The van der Waals surface area contributed by atoms with Gasteiger partial charge >= 0.3 is 11.9 Å². The van der Waals surface area contributed by atoms with Gasteiger partial charge in [-0.15, -0.1) is 0 Å². The van der Waals surface area contributed by atoms with Crippen LogP contribution in [-0.4, -0.2) is 23.7 Å². The van der Waals surface area contributed by atoms with Gasteiger partial charge in [0.1, 0.15) is 6.61 Å². The highest BCUT2D eigenvalue weighted by atomic mass is 16.5. The Labute approximate surface area is 242 Å². The van der Waals surface area contributed by atoms with E-state index in [9.17, 15) is 14.7 Å². The van der Waals surface area contributed by atoms with E-state index in [0.29, 0.717) is 6.42 Å². The van der Waals surface area contributed by atoms with Crippen molar-refractivity contribution in [3.8, 4) is 0 Å². The zero-order chi connectivity index (χ0) is 28.7. The summed E-state index contributed by atoms with van der Waals surface area (Å²) in [5.74, 6) is -1.98. The number of ether oxygens (including phenoxy) is 1. The van der Waals surface area contributed by atoms with E-state index in [2.05, 4.69) is 25.7 Å². The Bertz CT molecular complexity index is 583. The van der Waals surface area contributed by atoms with Gasteiger partial charge in [0.25, 0.3) is 0 Å². The zero-order valence-corrected chi connectivity index (χ0v) is 25.8. The minimum atomic E-state index is -0.902. The van der Waals surface area contributed by atoms with E-state index < -0.39 is 17.9 Å². The maximum Gasteiger partial charge on any atom is 0.307 e. The Balaban J connectivity index is 3.34. The smallest absolute Gasteiger partial charge is 0.307 e. The molecule has 228 valence electrons. The molecule has 1 atom stereocenters. The lowest BCUT2D eigenvalue weighted by atomic mass is 9.97. The van der Waals surface area contributed by atoms with Crippen LogP contribution in [0, 0.1) is 5.92 Å². The van der Waals surface area contributed by atoms with Gasteiger partial charge in [0.05, 0.1) is 12.3 Å². The topological polar surface area (TPSA) is 63.6 Å². The highest BCUT2D eigenvalue weighted by Crippen LogP contribution is 2.18. The zero-order valence-electron chi connectivity index (χ0n) is 25.8. The van der Waals surface area contributed by atoms with Crippen LogP contribution in [0.5, 0.6) is 0 Å².